The standard InChI is InChI=1S/C8H10ClFN2O.ClH/c9-4-1-2-5(10)7(8(4)13)6(12)3-11;/h1-2,6,13H,3,11-12H2;1H/t6-;/m1./s1. The third kappa shape index (κ3) is 2.48. The van der Waals surface area contributed by atoms with Gasteiger partial charge in [0.15, 0.2) is 0 Å². The molecule has 0 heterocycles. The van der Waals surface area contributed by atoms with E-state index in [0.29, 0.717) is 0 Å². The molecule has 0 aliphatic carbocycles. The fourth-order valence-electron chi connectivity index (χ4n) is 1.03. The summed E-state index contributed by atoms with van der Waals surface area (Å²) >= 11 is 5.57. The Morgan fingerprint density at radius 2 is 2.07 bits per heavy atom. The lowest BCUT2D eigenvalue weighted by Gasteiger charge is -2.12. The van der Waals surface area contributed by atoms with Crippen molar-refractivity contribution < 1.29 is 9.50 Å². The highest BCUT2D eigenvalue weighted by Crippen LogP contribution is 2.32. The molecule has 6 heteroatoms. The molecule has 0 fully saturated rings. The number of rotatable bonds is 2. The van der Waals surface area contributed by atoms with Gasteiger partial charge < -0.3 is 16.6 Å². The predicted molar refractivity (Wildman–Crippen MR) is 56.3 cm³/mol. The summed E-state index contributed by atoms with van der Waals surface area (Å²) in [6.07, 6.45) is 0. The third-order valence-corrected chi connectivity index (χ3v) is 2.04. The summed E-state index contributed by atoms with van der Waals surface area (Å²) < 4.78 is 13.1. The number of halogens is 3. The molecule has 80 valence electrons. The molecule has 0 aromatic heterocycles. The van der Waals surface area contributed by atoms with Gasteiger partial charge in [0.05, 0.1) is 5.02 Å². The van der Waals surface area contributed by atoms with Crippen LogP contribution in [0.15, 0.2) is 12.1 Å². The van der Waals surface area contributed by atoms with E-state index in [2.05, 4.69) is 0 Å². The number of hydrogen-bond acceptors (Lipinski definition) is 3. The van der Waals surface area contributed by atoms with Gasteiger partial charge in [-0.05, 0) is 12.1 Å². The summed E-state index contributed by atoms with van der Waals surface area (Å²) in [6, 6.07) is 1.67. The van der Waals surface area contributed by atoms with Crippen molar-refractivity contribution in [1.29, 1.82) is 0 Å². The molecule has 1 rings (SSSR count). The monoisotopic (exact) mass is 240 g/mol. The lowest BCUT2D eigenvalue weighted by Crippen LogP contribution is -2.22. The minimum Gasteiger partial charge on any atom is -0.506 e. The van der Waals surface area contributed by atoms with Crippen molar-refractivity contribution in [2.75, 3.05) is 6.54 Å². The molecule has 0 saturated heterocycles. The number of aromatic hydroxyl groups is 1. The second-order valence-electron chi connectivity index (χ2n) is 2.63. The first-order valence-electron chi connectivity index (χ1n) is 3.70. The van der Waals surface area contributed by atoms with Crippen molar-refractivity contribution >= 4 is 24.0 Å². The molecule has 0 radical (unpaired) electrons. The summed E-state index contributed by atoms with van der Waals surface area (Å²) in [6.45, 7) is 0.0465. The Kier molecular flexibility index (Phi) is 5.15. The highest BCUT2D eigenvalue weighted by Gasteiger charge is 2.16. The Morgan fingerprint density at radius 1 is 1.50 bits per heavy atom. The fourth-order valence-corrected chi connectivity index (χ4v) is 1.19. The Bertz CT molecular complexity index is 322. The van der Waals surface area contributed by atoms with E-state index in [9.17, 15) is 9.50 Å². The fraction of sp³-hybridized carbons (Fsp3) is 0.250. The summed E-state index contributed by atoms with van der Waals surface area (Å²) in [5.74, 6) is -0.931. The molecule has 3 nitrogen and oxygen atoms in total. The summed E-state index contributed by atoms with van der Waals surface area (Å²) in [4.78, 5) is 0. The van der Waals surface area contributed by atoms with E-state index >= 15 is 0 Å². The van der Waals surface area contributed by atoms with Gasteiger partial charge in [0.1, 0.15) is 11.6 Å². The Labute approximate surface area is 92.3 Å². The Morgan fingerprint density at radius 3 is 2.57 bits per heavy atom. The molecule has 0 aliphatic heterocycles. The topological polar surface area (TPSA) is 72.3 Å². The molecule has 1 atom stereocenters. The highest BCUT2D eigenvalue weighted by atomic mass is 35.5. The average molecular weight is 241 g/mol. The van der Waals surface area contributed by atoms with Gasteiger partial charge in [-0.15, -0.1) is 12.4 Å². The molecule has 0 bridgehead atoms. The Hall–Kier alpha value is -0.550. The van der Waals surface area contributed by atoms with Crippen LogP contribution in [-0.4, -0.2) is 11.7 Å². The predicted octanol–water partition coefficient (Wildman–Crippen LogP) is 1.56. The van der Waals surface area contributed by atoms with E-state index in [4.69, 9.17) is 23.1 Å². The maximum absolute atomic E-state index is 13.1. The smallest absolute Gasteiger partial charge is 0.141 e. The summed E-state index contributed by atoms with van der Waals surface area (Å²) in [5.41, 5.74) is 10.7. The van der Waals surface area contributed by atoms with E-state index in [1.54, 1.807) is 0 Å². The zero-order valence-corrected chi connectivity index (χ0v) is 8.78. The molecule has 14 heavy (non-hydrogen) atoms. The van der Waals surface area contributed by atoms with Crippen molar-refractivity contribution in [3.63, 3.8) is 0 Å². The molecule has 0 saturated carbocycles. The lowest BCUT2D eigenvalue weighted by molar-refractivity contribution is 0.450. The molecular weight excluding hydrogens is 230 g/mol. The van der Waals surface area contributed by atoms with E-state index in [1.807, 2.05) is 0 Å². The normalized spacial score (nSPS) is 12.0. The van der Waals surface area contributed by atoms with Gasteiger partial charge in [0, 0.05) is 18.2 Å². The van der Waals surface area contributed by atoms with E-state index in [-0.39, 0.29) is 35.3 Å². The summed E-state index contributed by atoms with van der Waals surface area (Å²) in [7, 11) is 0. The van der Waals surface area contributed by atoms with Crippen molar-refractivity contribution in [3.05, 3.63) is 28.5 Å². The van der Waals surface area contributed by atoms with Crippen LogP contribution in [0, 0.1) is 5.82 Å². The number of benzene rings is 1. The SMILES string of the molecule is Cl.NC[C@@H](N)c1c(F)ccc(Cl)c1O. The van der Waals surface area contributed by atoms with E-state index < -0.39 is 11.9 Å². The quantitative estimate of drug-likeness (QED) is 0.735. The first kappa shape index (κ1) is 13.4. The van der Waals surface area contributed by atoms with Crippen LogP contribution >= 0.6 is 24.0 Å². The van der Waals surface area contributed by atoms with Crippen molar-refractivity contribution in [1.82, 2.24) is 0 Å². The first-order chi connectivity index (χ1) is 6.07. The molecule has 0 spiro atoms. The second-order valence-corrected chi connectivity index (χ2v) is 3.04. The van der Waals surface area contributed by atoms with E-state index in [1.165, 1.54) is 6.07 Å². The maximum Gasteiger partial charge on any atom is 0.141 e. The third-order valence-electron chi connectivity index (χ3n) is 1.74. The minimum atomic E-state index is -0.737. The number of phenolic OH excluding ortho intramolecular Hbond substituents is 1. The van der Waals surface area contributed by atoms with Crippen molar-refractivity contribution in [2.24, 2.45) is 11.5 Å². The second kappa shape index (κ2) is 5.36. The van der Waals surface area contributed by atoms with Crippen LogP contribution < -0.4 is 11.5 Å². The zero-order valence-electron chi connectivity index (χ0n) is 7.21. The molecule has 0 unspecified atom stereocenters. The van der Waals surface area contributed by atoms with Crippen LogP contribution in [0.3, 0.4) is 0 Å². The first-order valence-corrected chi connectivity index (χ1v) is 4.08. The zero-order chi connectivity index (χ0) is 10.0. The van der Waals surface area contributed by atoms with Gasteiger partial charge in [-0.25, -0.2) is 4.39 Å². The molecule has 0 aliphatic rings. The maximum atomic E-state index is 13.1. The van der Waals surface area contributed by atoms with Crippen LogP contribution in [-0.2, 0) is 0 Å². The lowest BCUT2D eigenvalue weighted by atomic mass is 10.1. The summed E-state index contributed by atoms with van der Waals surface area (Å²) in [5, 5.41) is 9.44. The number of hydrogen-bond donors (Lipinski definition) is 3. The van der Waals surface area contributed by atoms with Gasteiger partial charge in [0.2, 0.25) is 0 Å². The van der Waals surface area contributed by atoms with Crippen LogP contribution in [0.2, 0.25) is 5.02 Å². The molecule has 5 N–H and O–H groups in total. The molecule has 1 aromatic rings. The Balaban J connectivity index is 0.00000169. The van der Waals surface area contributed by atoms with Gasteiger partial charge >= 0.3 is 0 Å². The van der Waals surface area contributed by atoms with Crippen molar-refractivity contribution in [3.8, 4) is 5.75 Å². The van der Waals surface area contributed by atoms with E-state index in [0.717, 1.165) is 6.07 Å². The largest absolute Gasteiger partial charge is 0.506 e. The van der Waals surface area contributed by atoms with Gasteiger partial charge in [-0.1, -0.05) is 11.6 Å². The van der Waals surface area contributed by atoms with Crippen LogP contribution in [0.5, 0.6) is 5.75 Å². The van der Waals surface area contributed by atoms with Gasteiger partial charge in [0.25, 0.3) is 0 Å². The van der Waals surface area contributed by atoms with Crippen LogP contribution in [0.4, 0.5) is 4.39 Å². The molecule has 0 amide bonds. The number of phenols is 1. The van der Waals surface area contributed by atoms with Crippen molar-refractivity contribution in [2.45, 2.75) is 6.04 Å². The van der Waals surface area contributed by atoms with Crippen LogP contribution in [0.1, 0.15) is 11.6 Å². The minimum absolute atomic E-state index is 0. The average Bonchev–Trinajstić information content (AvgIpc) is 2.12. The van der Waals surface area contributed by atoms with Gasteiger partial charge in [-0.3, -0.25) is 0 Å². The van der Waals surface area contributed by atoms with Crippen LogP contribution in [0.25, 0.3) is 0 Å². The number of nitrogens with two attached hydrogens (primary N) is 2. The van der Waals surface area contributed by atoms with Gasteiger partial charge in [-0.2, -0.15) is 0 Å². The molecule has 1 aromatic carbocycles. The molecular formula is C8H11Cl2FN2O. The highest BCUT2D eigenvalue weighted by molar-refractivity contribution is 6.32.